The standard InChI is InChI=1S/C11H14N2O.ClH/c12-11(14)7-13-6-9-5-8-3-1-2-4-10(8)9;/h1-4,9,13H,5-7H2,(H2,12,14);1H. The number of fused-ring (bicyclic) bond motifs is 1. The van der Waals surface area contributed by atoms with Crippen LogP contribution in [0.25, 0.3) is 0 Å². The fourth-order valence-corrected chi connectivity index (χ4v) is 1.91. The van der Waals surface area contributed by atoms with E-state index in [9.17, 15) is 4.79 Å². The van der Waals surface area contributed by atoms with E-state index in [1.165, 1.54) is 11.1 Å². The molecule has 15 heavy (non-hydrogen) atoms. The second-order valence-electron chi connectivity index (χ2n) is 3.70. The number of nitrogens with one attached hydrogen (secondary N) is 1. The number of hydrogen-bond donors (Lipinski definition) is 2. The number of nitrogens with two attached hydrogens (primary N) is 1. The average molecular weight is 227 g/mol. The van der Waals surface area contributed by atoms with Crippen molar-refractivity contribution in [1.82, 2.24) is 5.32 Å². The highest BCUT2D eigenvalue weighted by Crippen LogP contribution is 2.33. The molecule has 1 unspecified atom stereocenters. The van der Waals surface area contributed by atoms with E-state index in [1.54, 1.807) is 0 Å². The molecule has 3 nitrogen and oxygen atoms in total. The van der Waals surface area contributed by atoms with Gasteiger partial charge in [0.05, 0.1) is 6.54 Å². The number of amides is 1. The molecule has 2 rings (SSSR count). The summed E-state index contributed by atoms with van der Waals surface area (Å²) in [4.78, 5) is 10.5. The van der Waals surface area contributed by atoms with Crippen LogP contribution in [0.3, 0.4) is 0 Å². The lowest BCUT2D eigenvalue weighted by molar-refractivity contribution is -0.117. The van der Waals surface area contributed by atoms with Crippen molar-refractivity contribution < 1.29 is 4.79 Å². The van der Waals surface area contributed by atoms with Crippen LogP contribution < -0.4 is 11.1 Å². The first-order chi connectivity index (χ1) is 6.77. The van der Waals surface area contributed by atoms with Crippen molar-refractivity contribution >= 4 is 18.3 Å². The zero-order chi connectivity index (χ0) is 9.97. The van der Waals surface area contributed by atoms with Crippen molar-refractivity contribution in [2.24, 2.45) is 5.73 Å². The molecular formula is C11H15ClN2O. The van der Waals surface area contributed by atoms with E-state index >= 15 is 0 Å². The predicted octanol–water partition coefficient (Wildman–Crippen LogP) is 0.823. The molecular weight excluding hydrogens is 212 g/mol. The van der Waals surface area contributed by atoms with Crippen molar-refractivity contribution in [1.29, 1.82) is 0 Å². The fraction of sp³-hybridized carbons (Fsp3) is 0.364. The minimum Gasteiger partial charge on any atom is -0.369 e. The van der Waals surface area contributed by atoms with Gasteiger partial charge in [-0.15, -0.1) is 12.4 Å². The third kappa shape index (κ3) is 2.70. The summed E-state index contributed by atoms with van der Waals surface area (Å²) in [6.45, 7) is 1.12. The normalized spacial score (nSPS) is 17.2. The Morgan fingerprint density at radius 1 is 1.47 bits per heavy atom. The Labute approximate surface area is 95.5 Å². The number of carbonyl (C=O) groups is 1. The molecule has 1 aromatic rings. The lowest BCUT2D eigenvalue weighted by Gasteiger charge is -2.30. The summed E-state index contributed by atoms with van der Waals surface area (Å²) >= 11 is 0. The second kappa shape index (κ2) is 5.14. The first-order valence-electron chi connectivity index (χ1n) is 4.84. The zero-order valence-corrected chi connectivity index (χ0v) is 9.22. The lowest BCUT2D eigenvalue weighted by atomic mass is 9.78. The van der Waals surface area contributed by atoms with Crippen molar-refractivity contribution in [2.45, 2.75) is 12.3 Å². The van der Waals surface area contributed by atoms with Gasteiger partial charge in [-0.3, -0.25) is 4.79 Å². The van der Waals surface area contributed by atoms with Gasteiger partial charge in [-0.05, 0) is 17.5 Å². The maximum atomic E-state index is 10.5. The molecule has 1 aliphatic rings. The third-order valence-electron chi connectivity index (χ3n) is 2.65. The van der Waals surface area contributed by atoms with Crippen LogP contribution in [-0.4, -0.2) is 19.0 Å². The Kier molecular flexibility index (Phi) is 4.12. The molecule has 0 bridgehead atoms. The average Bonchev–Trinajstić information content (AvgIpc) is 2.12. The maximum absolute atomic E-state index is 10.5. The highest BCUT2D eigenvalue weighted by molar-refractivity contribution is 5.85. The molecule has 3 N–H and O–H groups in total. The Hall–Kier alpha value is -1.06. The summed E-state index contributed by atoms with van der Waals surface area (Å²) in [5.74, 6) is 0.267. The molecule has 0 saturated heterocycles. The Morgan fingerprint density at radius 2 is 2.20 bits per heavy atom. The molecule has 1 aromatic carbocycles. The third-order valence-corrected chi connectivity index (χ3v) is 2.65. The van der Waals surface area contributed by atoms with Gasteiger partial charge in [-0.2, -0.15) is 0 Å². The first kappa shape index (κ1) is 12.0. The number of primary amides is 1. The Bertz CT molecular complexity index is 354. The van der Waals surface area contributed by atoms with Gasteiger partial charge in [0.1, 0.15) is 0 Å². The monoisotopic (exact) mass is 226 g/mol. The van der Waals surface area contributed by atoms with Crippen LogP contribution in [0.1, 0.15) is 17.0 Å². The minimum atomic E-state index is -0.294. The van der Waals surface area contributed by atoms with Crippen LogP contribution in [0.2, 0.25) is 0 Å². The van der Waals surface area contributed by atoms with E-state index in [2.05, 4.69) is 29.6 Å². The van der Waals surface area contributed by atoms with Crippen LogP contribution >= 0.6 is 12.4 Å². The highest BCUT2D eigenvalue weighted by Gasteiger charge is 2.24. The van der Waals surface area contributed by atoms with Gasteiger partial charge in [0, 0.05) is 12.5 Å². The lowest BCUT2D eigenvalue weighted by Crippen LogP contribution is -2.34. The van der Waals surface area contributed by atoms with Gasteiger partial charge < -0.3 is 11.1 Å². The molecule has 0 fully saturated rings. The van der Waals surface area contributed by atoms with E-state index in [1.807, 2.05) is 0 Å². The Morgan fingerprint density at radius 3 is 2.87 bits per heavy atom. The van der Waals surface area contributed by atoms with E-state index < -0.39 is 0 Å². The first-order valence-corrected chi connectivity index (χ1v) is 4.84. The minimum absolute atomic E-state index is 0. The van der Waals surface area contributed by atoms with Crippen LogP contribution in [-0.2, 0) is 11.2 Å². The van der Waals surface area contributed by atoms with Gasteiger partial charge in [0.15, 0.2) is 0 Å². The summed E-state index contributed by atoms with van der Waals surface area (Å²) in [6, 6.07) is 8.42. The predicted molar refractivity (Wildman–Crippen MR) is 62.2 cm³/mol. The van der Waals surface area contributed by atoms with Crippen LogP contribution in [0.15, 0.2) is 24.3 Å². The molecule has 82 valence electrons. The summed E-state index contributed by atoms with van der Waals surface area (Å²) in [7, 11) is 0. The smallest absolute Gasteiger partial charge is 0.231 e. The fourth-order valence-electron chi connectivity index (χ4n) is 1.91. The van der Waals surface area contributed by atoms with E-state index in [4.69, 9.17) is 5.73 Å². The van der Waals surface area contributed by atoms with Gasteiger partial charge in [0.2, 0.25) is 5.91 Å². The molecule has 0 radical (unpaired) electrons. The number of benzene rings is 1. The molecule has 4 heteroatoms. The van der Waals surface area contributed by atoms with Gasteiger partial charge in [-0.1, -0.05) is 24.3 Å². The van der Waals surface area contributed by atoms with Crippen LogP contribution in [0, 0.1) is 0 Å². The zero-order valence-electron chi connectivity index (χ0n) is 8.40. The van der Waals surface area contributed by atoms with Crippen molar-refractivity contribution in [2.75, 3.05) is 13.1 Å². The topological polar surface area (TPSA) is 55.1 Å². The van der Waals surface area contributed by atoms with Gasteiger partial charge in [-0.25, -0.2) is 0 Å². The van der Waals surface area contributed by atoms with E-state index in [0.29, 0.717) is 5.92 Å². The number of carbonyl (C=O) groups excluding carboxylic acids is 1. The van der Waals surface area contributed by atoms with Crippen LogP contribution in [0.4, 0.5) is 0 Å². The van der Waals surface area contributed by atoms with E-state index in [0.717, 1.165) is 13.0 Å². The largest absolute Gasteiger partial charge is 0.369 e. The van der Waals surface area contributed by atoms with Crippen molar-refractivity contribution in [3.63, 3.8) is 0 Å². The van der Waals surface area contributed by atoms with Crippen molar-refractivity contribution in [3.05, 3.63) is 35.4 Å². The van der Waals surface area contributed by atoms with Gasteiger partial charge in [0.25, 0.3) is 0 Å². The molecule has 1 amide bonds. The molecule has 0 aromatic heterocycles. The van der Waals surface area contributed by atoms with Gasteiger partial charge >= 0.3 is 0 Å². The molecule has 0 spiro atoms. The molecule has 0 saturated carbocycles. The number of halogens is 1. The number of hydrogen-bond acceptors (Lipinski definition) is 2. The molecule has 1 aliphatic carbocycles. The highest BCUT2D eigenvalue weighted by atomic mass is 35.5. The second-order valence-corrected chi connectivity index (χ2v) is 3.70. The van der Waals surface area contributed by atoms with E-state index in [-0.39, 0.29) is 24.9 Å². The maximum Gasteiger partial charge on any atom is 0.231 e. The molecule has 1 atom stereocenters. The quantitative estimate of drug-likeness (QED) is 0.799. The summed E-state index contributed by atoms with van der Waals surface area (Å²) < 4.78 is 0. The SMILES string of the molecule is Cl.NC(=O)CNCC1Cc2ccccc21. The number of rotatable bonds is 4. The summed E-state index contributed by atoms with van der Waals surface area (Å²) in [6.07, 6.45) is 1.11. The summed E-state index contributed by atoms with van der Waals surface area (Å²) in [5.41, 5.74) is 7.87. The summed E-state index contributed by atoms with van der Waals surface area (Å²) in [5, 5.41) is 3.05. The van der Waals surface area contributed by atoms with Crippen molar-refractivity contribution in [3.8, 4) is 0 Å². The molecule has 0 heterocycles. The Balaban J connectivity index is 0.00000112. The van der Waals surface area contributed by atoms with Crippen LogP contribution in [0.5, 0.6) is 0 Å². The molecule has 0 aliphatic heterocycles.